The number of unbranched alkanes of at least 4 members (excludes halogenated alkanes) is 8. The summed E-state index contributed by atoms with van der Waals surface area (Å²) in [6, 6.07) is 0. The number of nitrogens with two attached hydrogens (primary N) is 2. The average Bonchev–Trinajstić information content (AvgIpc) is 2.93. The molecular weight excluding hydrogens is 326 g/mol. The van der Waals surface area contributed by atoms with E-state index >= 15 is 0 Å². The van der Waals surface area contributed by atoms with Crippen LogP contribution in [-0.2, 0) is 0 Å². The molecule has 0 spiro atoms. The maximum atomic E-state index is 8.33. The lowest BCUT2D eigenvalue weighted by molar-refractivity contribution is 0.429. The fourth-order valence-corrected chi connectivity index (χ4v) is 3.39. The molecule has 1 saturated heterocycles. The van der Waals surface area contributed by atoms with Crippen LogP contribution in [0.4, 0.5) is 0 Å². The first-order valence-electron chi connectivity index (χ1n) is 10.2. The van der Waals surface area contributed by atoms with Gasteiger partial charge in [0, 0.05) is 39.0 Å². The number of guanidine groups is 1. The summed E-state index contributed by atoms with van der Waals surface area (Å²) in [4.78, 5) is 4.42. The first-order chi connectivity index (χ1) is 12.5. The van der Waals surface area contributed by atoms with Gasteiger partial charge >= 0.3 is 0 Å². The van der Waals surface area contributed by atoms with Crippen LogP contribution in [0.2, 0.25) is 0 Å². The van der Waals surface area contributed by atoms with Crippen LogP contribution in [0.5, 0.6) is 0 Å². The van der Waals surface area contributed by atoms with Crippen LogP contribution in [0.3, 0.4) is 0 Å². The van der Waals surface area contributed by atoms with E-state index in [4.69, 9.17) is 27.7 Å². The van der Waals surface area contributed by atoms with Crippen LogP contribution in [0.15, 0.2) is 0 Å². The molecular formula is C19H39N7. The molecule has 1 heterocycles. The highest BCUT2D eigenvalue weighted by Gasteiger charge is 2.23. The molecule has 7 heteroatoms. The molecule has 1 aliphatic rings. The lowest BCUT2D eigenvalue weighted by atomic mass is 10.1. The third-order valence-electron chi connectivity index (χ3n) is 4.99. The van der Waals surface area contributed by atoms with Gasteiger partial charge in [0.1, 0.15) is 0 Å². The van der Waals surface area contributed by atoms with Crippen molar-refractivity contribution in [2.45, 2.75) is 77.0 Å². The van der Waals surface area contributed by atoms with Gasteiger partial charge in [0.2, 0.25) is 0 Å². The second kappa shape index (κ2) is 13.4. The van der Waals surface area contributed by atoms with Gasteiger partial charge in [0.05, 0.1) is 11.7 Å². The molecule has 1 rings (SSSR count). The van der Waals surface area contributed by atoms with E-state index in [0.717, 1.165) is 77.5 Å². The second-order valence-electron chi connectivity index (χ2n) is 7.38. The molecule has 0 aromatic heterocycles. The lowest BCUT2D eigenvalue weighted by Gasteiger charge is -2.21. The van der Waals surface area contributed by atoms with Crippen molar-refractivity contribution in [1.82, 2.24) is 9.80 Å². The van der Waals surface area contributed by atoms with Gasteiger partial charge in [0.15, 0.2) is 5.96 Å². The third-order valence-corrected chi connectivity index (χ3v) is 4.99. The van der Waals surface area contributed by atoms with Gasteiger partial charge in [-0.05, 0) is 25.7 Å². The van der Waals surface area contributed by atoms with Crippen LogP contribution >= 0.6 is 0 Å². The standard InChI is InChI=1S/C19H39N7/c20-17(21)11-7-3-1-5-9-13-25-15-16-26(19(25)24)14-10-6-2-4-8-12-18(22)23/h24H,1-16H2,(H3,20,21)(H3,22,23). The summed E-state index contributed by atoms with van der Waals surface area (Å²) >= 11 is 0. The van der Waals surface area contributed by atoms with Gasteiger partial charge < -0.3 is 21.3 Å². The molecule has 1 fully saturated rings. The summed E-state index contributed by atoms with van der Waals surface area (Å²) in [5.74, 6) is 1.30. The highest BCUT2D eigenvalue weighted by molar-refractivity contribution is 5.79. The number of hydrogen-bond acceptors (Lipinski definition) is 3. The zero-order valence-corrected chi connectivity index (χ0v) is 16.4. The van der Waals surface area contributed by atoms with E-state index in [1.54, 1.807) is 0 Å². The highest BCUT2D eigenvalue weighted by Crippen LogP contribution is 2.13. The Morgan fingerprint density at radius 3 is 1.38 bits per heavy atom. The SMILES string of the molecule is N=C(N)CCCCCCCN1CCN(CCCCCCCC(=N)N)C1=N. The summed E-state index contributed by atoms with van der Waals surface area (Å²) in [6.07, 6.45) is 12.9. The first kappa shape index (κ1) is 22.3. The third kappa shape index (κ3) is 10.3. The summed E-state index contributed by atoms with van der Waals surface area (Å²) < 4.78 is 0. The van der Waals surface area contributed by atoms with Gasteiger partial charge in [-0.15, -0.1) is 0 Å². The fraction of sp³-hybridized carbons (Fsp3) is 0.842. The Balaban J connectivity index is 1.99. The van der Waals surface area contributed by atoms with E-state index in [0.29, 0.717) is 17.6 Å². The number of nitrogens with one attached hydrogen (secondary N) is 3. The lowest BCUT2D eigenvalue weighted by Crippen LogP contribution is -2.33. The van der Waals surface area contributed by atoms with E-state index < -0.39 is 0 Å². The van der Waals surface area contributed by atoms with Gasteiger partial charge in [0.25, 0.3) is 0 Å². The molecule has 0 amide bonds. The predicted molar refractivity (Wildman–Crippen MR) is 110 cm³/mol. The van der Waals surface area contributed by atoms with Gasteiger partial charge in [-0.1, -0.05) is 38.5 Å². The van der Waals surface area contributed by atoms with Crippen LogP contribution in [-0.4, -0.2) is 53.6 Å². The molecule has 7 N–H and O–H groups in total. The number of amidine groups is 2. The molecule has 26 heavy (non-hydrogen) atoms. The van der Waals surface area contributed by atoms with Crippen LogP contribution < -0.4 is 11.5 Å². The minimum absolute atomic E-state index is 0.298. The van der Waals surface area contributed by atoms with E-state index in [2.05, 4.69) is 9.80 Å². The first-order valence-corrected chi connectivity index (χ1v) is 10.2. The Labute approximate surface area is 159 Å². The van der Waals surface area contributed by atoms with E-state index in [1.165, 1.54) is 25.7 Å². The van der Waals surface area contributed by atoms with Crippen molar-refractivity contribution in [2.24, 2.45) is 11.5 Å². The molecule has 0 aliphatic carbocycles. The van der Waals surface area contributed by atoms with Crippen molar-refractivity contribution in [3.05, 3.63) is 0 Å². The molecule has 7 nitrogen and oxygen atoms in total. The van der Waals surface area contributed by atoms with Crippen LogP contribution in [0.1, 0.15) is 77.0 Å². The monoisotopic (exact) mass is 365 g/mol. The second-order valence-corrected chi connectivity index (χ2v) is 7.38. The van der Waals surface area contributed by atoms with Crippen molar-refractivity contribution < 1.29 is 0 Å². The van der Waals surface area contributed by atoms with E-state index in [9.17, 15) is 0 Å². The Morgan fingerprint density at radius 1 is 0.654 bits per heavy atom. The fourth-order valence-electron chi connectivity index (χ4n) is 3.39. The summed E-state index contributed by atoms with van der Waals surface area (Å²) in [7, 11) is 0. The Bertz CT molecular complexity index is 398. The van der Waals surface area contributed by atoms with E-state index in [-0.39, 0.29) is 0 Å². The van der Waals surface area contributed by atoms with Crippen molar-refractivity contribution in [2.75, 3.05) is 26.2 Å². The Morgan fingerprint density at radius 2 is 1.00 bits per heavy atom. The Hall–Kier alpha value is -1.79. The quantitative estimate of drug-likeness (QED) is 0.163. The molecule has 0 bridgehead atoms. The topological polar surface area (TPSA) is 130 Å². The van der Waals surface area contributed by atoms with Crippen molar-refractivity contribution in [1.29, 1.82) is 16.2 Å². The predicted octanol–water partition coefficient (Wildman–Crippen LogP) is 3.09. The van der Waals surface area contributed by atoms with Gasteiger partial charge in [-0.3, -0.25) is 16.2 Å². The molecule has 0 radical (unpaired) electrons. The highest BCUT2D eigenvalue weighted by atomic mass is 15.4. The van der Waals surface area contributed by atoms with Gasteiger partial charge in [-0.25, -0.2) is 0 Å². The largest absolute Gasteiger partial charge is 0.388 e. The average molecular weight is 366 g/mol. The summed E-state index contributed by atoms with van der Waals surface area (Å²) in [6.45, 7) is 3.96. The molecule has 0 saturated carbocycles. The number of nitrogens with zero attached hydrogens (tertiary/aromatic N) is 2. The van der Waals surface area contributed by atoms with Crippen molar-refractivity contribution in [3.63, 3.8) is 0 Å². The molecule has 150 valence electrons. The van der Waals surface area contributed by atoms with Gasteiger partial charge in [-0.2, -0.15) is 0 Å². The molecule has 0 atom stereocenters. The van der Waals surface area contributed by atoms with Crippen LogP contribution in [0.25, 0.3) is 0 Å². The maximum absolute atomic E-state index is 8.33. The normalized spacial score (nSPS) is 14.2. The number of hydrogen-bond donors (Lipinski definition) is 5. The molecule has 0 aromatic carbocycles. The van der Waals surface area contributed by atoms with E-state index in [1.807, 2.05) is 0 Å². The summed E-state index contributed by atoms with van der Waals surface area (Å²) in [5.41, 5.74) is 10.7. The molecule has 1 aliphatic heterocycles. The van der Waals surface area contributed by atoms with Crippen molar-refractivity contribution >= 4 is 17.6 Å². The zero-order valence-electron chi connectivity index (χ0n) is 16.4. The molecule has 0 unspecified atom stereocenters. The molecule has 0 aromatic rings. The smallest absolute Gasteiger partial charge is 0.193 e. The van der Waals surface area contributed by atoms with Crippen molar-refractivity contribution in [3.8, 4) is 0 Å². The Kier molecular flexibility index (Phi) is 11.5. The minimum Gasteiger partial charge on any atom is -0.388 e. The summed E-state index contributed by atoms with van der Waals surface area (Å²) in [5, 5.41) is 22.7. The zero-order chi connectivity index (χ0) is 19.2. The maximum Gasteiger partial charge on any atom is 0.193 e. The number of rotatable bonds is 16. The van der Waals surface area contributed by atoms with Crippen LogP contribution in [0, 0.1) is 16.2 Å². The minimum atomic E-state index is 0.298.